The summed E-state index contributed by atoms with van der Waals surface area (Å²) < 4.78 is 38.7. The number of nitrogens with one attached hydrogen (secondary N) is 3. The molecule has 144 valence electrons. The van der Waals surface area contributed by atoms with E-state index in [0.717, 1.165) is 0 Å². The van der Waals surface area contributed by atoms with Crippen molar-refractivity contribution in [2.45, 2.75) is 23.5 Å². The van der Waals surface area contributed by atoms with Crippen molar-refractivity contribution in [3.63, 3.8) is 0 Å². The minimum Gasteiger partial charge on any atom is -0.354 e. The first-order valence-electron chi connectivity index (χ1n) is 8.01. The van der Waals surface area contributed by atoms with Crippen molar-refractivity contribution in [1.29, 1.82) is 0 Å². The monoisotopic (exact) mass is 399 g/mol. The van der Waals surface area contributed by atoms with Crippen LogP contribution in [0.4, 0.5) is 29.5 Å². The van der Waals surface area contributed by atoms with Crippen molar-refractivity contribution in [3.8, 4) is 0 Å². The number of carbonyl (C=O) groups is 2. The Balaban J connectivity index is 1.61. The molecule has 0 spiro atoms. The van der Waals surface area contributed by atoms with Crippen LogP contribution >= 0.6 is 11.8 Å². The highest BCUT2D eigenvalue weighted by molar-refractivity contribution is 7.99. The predicted octanol–water partition coefficient (Wildman–Crippen LogP) is 3.24. The van der Waals surface area contributed by atoms with Gasteiger partial charge in [-0.05, 0) is 18.6 Å². The molecule has 7 nitrogen and oxygen atoms in total. The number of urea groups is 1. The lowest BCUT2D eigenvalue weighted by atomic mass is 10.2. The van der Waals surface area contributed by atoms with Gasteiger partial charge in [0, 0.05) is 23.7 Å². The number of benzene rings is 1. The fourth-order valence-electron chi connectivity index (χ4n) is 2.54. The number of hydrogen-bond acceptors (Lipinski definition) is 4. The zero-order valence-corrected chi connectivity index (χ0v) is 14.7. The molecule has 1 atom stereocenters. The third-order valence-electron chi connectivity index (χ3n) is 3.72. The molecule has 1 aromatic carbocycles. The number of aromatic nitrogens is 2. The normalized spacial score (nSPS) is 16.9. The van der Waals surface area contributed by atoms with E-state index in [1.165, 1.54) is 22.9 Å². The Morgan fingerprint density at radius 1 is 1.30 bits per heavy atom. The van der Waals surface area contributed by atoms with Crippen LogP contribution in [0, 0.1) is 0 Å². The molecule has 11 heteroatoms. The number of hydrogen-bond donors (Lipinski definition) is 3. The fraction of sp³-hybridized carbons (Fsp3) is 0.312. The standard InChI is InChI=1S/C16H16F3N5O2S/c17-16(18,19)9-27-12-4-2-1-3-10(12)21-15(26)22-13-6-8-24(23-13)11-5-7-20-14(11)25/h1-4,6,8,11H,5,7,9H2,(H,20,25)(H2,21,22,23,26). The molecule has 1 aliphatic heterocycles. The van der Waals surface area contributed by atoms with Crippen molar-refractivity contribution in [3.05, 3.63) is 36.5 Å². The van der Waals surface area contributed by atoms with E-state index in [-0.39, 0.29) is 17.4 Å². The van der Waals surface area contributed by atoms with Crippen molar-refractivity contribution >= 4 is 35.2 Å². The Bertz CT molecular complexity index is 839. The Kier molecular flexibility index (Phi) is 5.59. The second kappa shape index (κ2) is 7.91. The lowest BCUT2D eigenvalue weighted by molar-refractivity contribution is -0.122. The van der Waals surface area contributed by atoms with Crippen molar-refractivity contribution in [1.82, 2.24) is 15.1 Å². The third-order valence-corrected chi connectivity index (χ3v) is 4.85. The van der Waals surface area contributed by atoms with Crippen LogP contribution in [0.1, 0.15) is 12.5 Å². The second-order valence-electron chi connectivity index (χ2n) is 5.76. The summed E-state index contributed by atoms with van der Waals surface area (Å²) in [5, 5.41) is 11.9. The molecule has 3 amide bonds. The van der Waals surface area contributed by atoms with Gasteiger partial charge in [0.1, 0.15) is 6.04 Å². The zero-order chi connectivity index (χ0) is 19.4. The molecule has 3 rings (SSSR count). The lowest BCUT2D eigenvalue weighted by Crippen LogP contribution is -2.23. The summed E-state index contributed by atoms with van der Waals surface area (Å²) in [5.41, 5.74) is 0.263. The molecule has 0 saturated carbocycles. The molecular weight excluding hydrogens is 383 g/mol. The van der Waals surface area contributed by atoms with Gasteiger partial charge in [-0.15, -0.1) is 11.8 Å². The number of para-hydroxylation sites is 1. The number of anilines is 2. The summed E-state index contributed by atoms with van der Waals surface area (Å²) in [5.74, 6) is -0.960. The molecule has 3 N–H and O–H groups in total. The smallest absolute Gasteiger partial charge is 0.354 e. The van der Waals surface area contributed by atoms with Crippen LogP contribution in [-0.2, 0) is 4.79 Å². The van der Waals surface area contributed by atoms with Crippen LogP contribution in [0.2, 0.25) is 0 Å². The van der Waals surface area contributed by atoms with Crippen LogP contribution in [0.5, 0.6) is 0 Å². The maximum atomic E-state index is 12.4. The molecule has 1 aliphatic rings. The van der Waals surface area contributed by atoms with E-state index >= 15 is 0 Å². The zero-order valence-electron chi connectivity index (χ0n) is 13.9. The summed E-state index contributed by atoms with van der Waals surface area (Å²) in [6, 6.07) is 6.70. The first-order chi connectivity index (χ1) is 12.8. The first-order valence-corrected chi connectivity index (χ1v) is 9.00. The van der Waals surface area contributed by atoms with Gasteiger partial charge in [0.25, 0.3) is 0 Å². The van der Waals surface area contributed by atoms with E-state index in [2.05, 4.69) is 21.0 Å². The van der Waals surface area contributed by atoms with Gasteiger partial charge in [-0.25, -0.2) is 4.79 Å². The van der Waals surface area contributed by atoms with Gasteiger partial charge >= 0.3 is 12.2 Å². The maximum Gasteiger partial charge on any atom is 0.398 e. The SMILES string of the molecule is O=C(Nc1ccn(C2CCNC2=O)n1)Nc1ccccc1SCC(F)(F)F. The number of rotatable bonds is 5. The van der Waals surface area contributed by atoms with Crippen LogP contribution in [0.15, 0.2) is 41.4 Å². The van der Waals surface area contributed by atoms with E-state index in [4.69, 9.17) is 0 Å². The van der Waals surface area contributed by atoms with Gasteiger partial charge in [0.15, 0.2) is 5.82 Å². The van der Waals surface area contributed by atoms with Crippen molar-refractivity contribution in [2.24, 2.45) is 0 Å². The summed E-state index contributed by atoms with van der Waals surface area (Å²) in [6.07, 6.45) is -2.12. The topological polar surface area (TPSA) is 88.1 Å². The highest BCUT2D eigenvalue weighted by atomic mass is 32.2. The first kappa shape index (κ1) is 19.1. The Morgan fingerprint density at radius 2 is 2.07 bits per heavy atom. The molecule has 2 heterocycles. The second-order valence-corrected chi connectivity index (χ2v) is 6.77. The summed E-state index contributed by atoms with van der Waals surface area (Å²) >= 11 is 0.592. The lowest BCUT2D eigenvalue weighted by Gasteiger charge is -2.12. The van der Waals surface area contributed by atoms with Gasteiger partial charge < -0.3 is 10.6 Å². The quantitative estimate of drug-likeness (QED) is 0.674. The molecule has 1 fully saturated rings. The van der Waals surface area contributed by atoms with E-state index < -0.39 is 24.0 Å². The average Bonchev–Trinajstić information content (AvgIpc) is 3.22. The largest absolute Gasteiger partial charge is 0.398 e. The molecule has 1 unspecified atom stereocenters. The number of thioether (sulfide) groups is 1. The highest BCUT2D eigenvalue weighted by Gasteiger charge is 2.28. The summed E-state index contributed by atoms with van der Waals surface area (Å²) in [7, 11) is 0. The van der Waals surface area contributed by atoms with E-state index in [9.17, 15) is 22.8 Å². The van der Waals surface area contributed by atoms with E-state index in [1.807, 2.05) is 0 Å². The highest BCUT2D eigenvalue weighted by Crippen LogP contribution is 2.32. The van der Waals surface area contributed by atoms with Gasteiger partial charge in [-0.2, -0.15) is 18.3 Å². The van der Waals surface area contributed by atoms with Gasteiger partial charge in [0.05, 0.1) is 11.4 Å². The molecule has 0 aliphatic carbocycles. The predicted molar refractivity (Wildman–Crippen MR) is 94.8 cm³/mol. The molecule has 0 bridgehead atoms. The summed E-state index contributed by atoms with van der Waals surface area (Å²) in [4.78, 5) is 24.1. The third kappa shape index (κ3) is 5.16. The van der Waals surface area contributed by atoms with Crippen molar-refractivity contribution < 1.29 is 22.8 Å². The average molecular weight is 399 g/mol. The van der Waals surface area contributed by atoms with Crippen LogP contribution in [-0.4, -0.2) is 40.2 Å². The molecular formula is C16H16F3N5O2S. The van der Waals surface area contributed by atoms with E-state index in [1.54, 1.807) is 18.3 Å². The van der Waals surface area contributed by atoms with Gasteiger partial charge in [-0.1, -0.05) is 12.1 Å². The molecule has 0 radical (unpaired) electrons. The minimum atomic E-state index is -4.31. The molecule has 27 heavy (non-hydrogen) atoms. The molecule has 1 aromatic heterocycles. The number of carbonyl (C=O) groups excluding carboxylic acids is 2. The van der Waals surface area contributed by atoms with Crippen molar-refractivity contribution in [2.75, 3.05) is 22.9 Å². The van der Waals surface area contributed by atoms with Crippen LogP contribution in [0.3, 0.4) is 0 Å². The number of halogens is 3. The summed E-state index contributed by atoms with van der Waals surface area (Å²) in [6.45, 7) is 0.568. The minimum absolute atomic E-state index is 0.135. The van der Waals surface area contributed by atoms with Gasteiger partial charge in [0.2, 0.25) is 5.91 Å². The maximum absolute atomic E-state index is 12.4. The number of nitrogens with zero attached hydrogens (tertiary/aromatic N) is 2. The number of alkyl halides is 3. The fourth-order valence-corrected chi connectivity index (χ4v) is 3.31. The van der Waals surface area contributed by atoms with Crippen LogP contribution in [0.25, 0.3) is 0 Å². The Morgan fingerprint density at radius 3 is 2.78 bits per heavy atom. The Hall–Kier alpha value is -2.69. The van der Waals surface area contributed by atoms with E-state index in [0.29, 0.717) is 29.6 Å². The van der Waals surface area contributed by atoms with Crippen LogP contribution < -0.4 is 16.0 Å². The number of amides is 3. The Labute approximate surface area is 156 Å². The molecule has 2 aromatic rings. The molecule has 1 saturated heterocycles. The van der Waals surface area contributed by atoms with Gasteiger partial charge in [-0.3, -0.25) is 14.8 Å².